The van der Waals surface area contributed by atoms with Crippen molar-refractivity contribution >= 4 is 12.2 Å². The molecule has 0 amide bonds. The summed E-state index contributed by atoms with van der Waals surface area (Å²) in [5.74, 6) is 0.670. The molecule has 1 aromatic heterocycles. The molecular formula is C6H11N3OS. The minimum absolute atomic E-state index is 0.346. The van der Waals surface area contributed by atoms with Gasteiger partial charge in [0, 0.05) is 13.0 Å². The van der Waals surface area contributed by atoms with Gasteiger partial charge in [0.15, 0.2) is 0 Å². The number of likely N-dealkylation sites (N-methyl/N-ethyl adjacent to an activating group) is 1. The van der Waals surface area contributed by atoms with Crippen LogP contribution in [-0.4, -0.2) is 35.7 Å². The molecule has 0 fully saturated rings. The van der Waals surface area contributed by atoms with Gasteiger partial charge in [-0.05, 0) is 26.3 Å². The first-order chi connectivity index (χ1) is 5.18. The van der Waals surface area contributed by atoms with E-state index in [-0.39, 0.29) is 0 Å². The number of aromatic nitrogens is 2. The van der Waals surface area contributed by atoms with Crippen LogP contribution >= 0.6 is 12.2 Å². The van der Waals surface area contributed by atoms with Crippen molar-refractivity contribution < 1.29 is 4.42 Å². The van der Waals surface area contributed by atoms with Gasteiger partial charge in [-0.15, -0.1) is 5.10 Å². The van der Waals surface area contributed by atoms with Crippen molar-refractivity contribution in [1.29, 1.82) is 0 Å². The Bertz CT molecular complexity index is 265. The summed E-state index contributed by atoms with van der Waals surface area (Å²) < 4.78 is 5.06. The average Bonchev–Trinajstić information content (AvgIpc) is 2.31. The number of rotatable bonds is 3. The molecule has 11 heavy (non-hydrogen) atoms. The quantitative estimate of drug-likeness (QED) is 0.688. The summed E-state index contributed by atoms with van der Waals surface area (Å²) in [5.41, 5.74) is 0. The molecule has 0 saturated carbocycles. The monoisotopic (exact) mass is 173 g/mol. The van der Waals surface area contributed by atoms with Gasteiger partial charge in [0.2, 0.25) is 5.89 Å². The van der Waals surface area contributed by atoms with E-state index in [1.807, 2.05) is 14.1 Å². The number of H-pyrrole nitrogens is 1. The maximum absolute atomic E-state index is 5.06. The zero-order valence-corrected chi connectivity index (χ0v) is 7.44. The molecule has 5 heteroatoms. The Balaban J connectivity index is 2.45. The highest BCUT2D eigenvalue weighted by Gasteiger charge is 1.99. The molecule has 0 radical (unpaired) electrons. The van der Waals surface area contributed by atoms with E-state index in [1.54, 1.807) is 0 Å². The maximum Gasteiger partial charge on any atom is 0.284 e. The smallest absolute Gasteiger partial charge is 0.284 e. The van der Waals surface area contributed by atoms with Gasteiger partial charge < -0.3 is 9.32 Å². The lowest BCUT2D eigenvalue weighted by atomic mass is 10.4. The maximum atomic E-state index is 5.06. The van der Waals surface area contributed by atoms with E-state index in [9.17, 15) is 0 Å². The Morgan fingerprint density at radius 3 is 2.82 bits per heavy atom. The summed E-state index contributed by atoms with van der Waals surface area (Å²) in [5, 5.41) is 6.44. The van der Waals surface area contributed by atoms with Crippen LogP contribution in [0.4, 0.5) is 0 Å². The Morgan fingerprint density at radius 1 is 1.64 bits per heavy atom. The van der Waals surface area contributed by atoms with E-state index in [0.29, 0.717) is 10.7 Å². The normalized spacial score (nSPS) is 10.8. The number of nitrogens with one attached hydrogen (secondary N) is 1. The second kappa shape index (κ2) is 3.64. The van der Waals surface area contributed by atoms with Gasteiger partial charge in [-0.25, -0.2) is 5.10 Å². The molecule has 0 unspecified atom stereocenters. The molecule has 1 aromatic rings. The largest absolute Gasteiger partial charge is 0.414 e. The zero-order chi connectivity index (χ0) is 8.27. The third-order valence-electron chi connectivity index (χ3n) is 1.26. The molecule has 62 valence electrons. The fourth-order valence-corrected chi connectivity index (χ4v) is 0.829. The van der Waals surface area contributed by atoms with Crippen LogP contribution in [0.15, 0.2) is 4.42 Å². The van der Waals surface area contributed by atoms with Gasteiger partial charge in [-0.2, -0.15) is 0 Å². The zero-order valence-electron chi connectivity index (χ0n) is 6.63. The molecular weight excluding hydrogens is 162 g/mol. The van der Waals surface area contributed by atoms with Crippen LogP contribution in [0.2, 0.25) is 0 Å². The van der Waals surface area contributed by atoms with Crippen LogP contribution in [0.25, 0.3) is 0 Å². The molecule has 1 N–H and O–H groups in total. The first-order valence-electron chi connectivity index (χ1n) is 3.37. The third-order valence-corrected chi connectivity index (χ3v) is 1.43. The number of hydrogen-bond acceptors (Lipinski definition) is 4. The molecule has 0 aliphatic carbocycles. The van der Waals surface area contributed by atoms with Gasteiger partial charge in [-0.1, -0.05) is 0 Å². The Morgan fingerprint density at radius 2 is 2.36 bits per heavy atom. The van der Waals surface area contributed by atoms with E-state index in [2.05, 4.69) is 15.1 Å². The molecule has 4 nitrogen and oxygen atoms in total. The highest BCUT2D eigenvalue weighted by Crippen LogP contribution is 1.95. The highest BCUT2D eigenvalue weighted by molar-refractivity contribution is 7.71. The summed E-state index contributed by atoms with van der Waals surface area (Å²) in [6.07, 6.45) is 0.792. The Kier molecular flexibility index (Phi) is 2.78. The molecule has 1 rings (SSSR count). The topological polar surface area (TPSA) is 45.1 Å². The molecule has 0 atom stereocenters. The van der Waals surface area contributed by atoms with Gasteiger partial charge >= 0.3 is 0 Å². The number of nitrogens with zero attached hydrogens (tertiary/aromatic N) is 2. The Hall–Kier alpha value is -0.680. The second-order valence-electron chi connectivity index (χ2n) is 2.56. The lowest BCUT2D eigenvalue weighted by Gasteiger charge is -2.05. The lowest BCUT2D eigenvalue weighted by Crippen LogP contribution is -2.15. The first-order valence-corrected chi connectivity index (χ1v) is 3.78. The van der Waals surface area contributed by atoms with Crippen LogP contribution in [0.3, 0.4) is 0 Å². The van der Waals surface area contributed by atoms with Crippen molar-refractivity contribution in [3.8, 4) is 0 Å². The predicted octanol–water partition coefficient (Wildman–Crippen LogP) is 0.836. The number of aromatic amines is 1. The molecule has 1 heterocycles. The van der Waals surface area contributed by atoms with Crippen molar-refractivity contribution in [1.82, 2.24) is 15.1 Å². The molecule has 0 aliphatic heterocycles. The summed E-state index contributed by atoms with van der Waals surface area (Å²) in [7, 11) is 4.00. The van der Waals surface area contributed by atoms with Crippen LogP contribution in [-0.2, 0) is 6.42 Å². The fraction of sp³-hybridized carbons (Fsp3) is 0.667. The van der Waals surface area contributed by atoms with E-state index in [0.717, 1.165) is 13.0 Å². The first kappa shape index (κ1) is 8.42. The molecule has 0 saturated heterocycles. The summed E-state index contributed by atoms with van der Waals surface area (Å²) in [4.78, 5) is 2.41. The van der Waals surface area contributed by atoms with Crippen LogP contribution in [0, 0.1) is 4.84 Å². The van der Waals surface area contributed by atoms with Crippen molar-refractivity contribution in [2.45, 2.75) is 6.42 Å². The van der Waals surface area contributed by atoms with E-state index in [4.69, 9.17) is 16.6 Å². The summed E-state index contributed by atoms with van der Waals surface area (Å²) in [6.45, 7) is 0.920. The molecule has 0 aliphatic rings. The Labute approximate surface area is 70.2 Å². The van der Waals surface area contributed by atoms with Crippen molar-refractivity contribution in [2.24, 2.45) is 0 Å². The van der Waals surface area contributed by atoms with Crippen LogP contribution in [0.5, 0.6) is 0 Å². The van der Waals surface area contributed by atoms with Gasteiger partial charge in [0.05, 0.1) is 0 Å². The van der Waals surface area contributed by atoms with Crippen molar-refractivity contribution in [2.75, 3.05) is 20.6 Å². The van der Waals surface area contributed by atoms with E-state index < -0.39 is 0 Å². The summed E-state index contributed by atoms with van der Waals surface area (Å²) in [6, 6.07) is 0. The minimum atomic E-state index is 0.346. The molecule has 0 aromatic carbocycles. The molecule has 0 bridgehead atoms. The number of hydrogen-bond donors (Lipinski definition) is 1. The van der Waals surface area contributed by atoms with Gasteiger partial charge in [-0.3, -0.25) is 0 Å². The second-order valence-corrected chi connectivity index (χ2v) is 2.93. The van der Waals surface area contributed by atoms with Crippen molar-refractivity contribution in [3.63, 3.8) is 0 Å². The van der Waals surface area contributed by atoms with Crippen LogP contribution in [0.1, 0.15) is 5.89 Å². The van der Waals surface area contributed by atoms with Gasteiger partial charge in [0.25, 0.3) is 4.84 Å². The SMILES string of the molecule is CN(C)CCc1n[nH]c(=S)o1. The van der Waals surface area contributed by atoms with E-state index in [1.165, 1.54) is 0 Å². The fourth-order valence-electron chi connectivity index (χ4n) is 0.687. The average molecular weight is 173 g/mol. The highest BCUT2D eigenvalue weighted by atomic mass is 32.1. The van der Waals surface area contributed by atoms with Crippen molar-refractivity contribution in [3.05, 3.63) is 10.7 Å². The predicted molar refractivity (Wildman–Crippen MR) is 43.9 cm³/mol. The molecule has 0 spiro atoms. The third kappa shape index (κ3) is 2.81. The summed E-state index contributed by atoms with van der Waals surface area (Å²) >= 11 is 4.71. The van der Waals surface area contributed by atoms with Gasteiger partial charge in [0.1, 0.15) is 0 Å². The minimum Gasteiger partial charge on any atom is -0.414 e. The van der Waals surface area contributed by atoms with Crippen LogP contribution < -0.4 is 0 Å². The standard InChI is InChI=1S/C6H11N3OS/c1-9(2)4-3-5-7-8-6(11)10-5/h3-4H2,1-2H3,(H,8,11). The lowest BCUT2D eigenvalue weighted by molar-refractivity contribution is 0.382. The van der Waals surface area contributed by atoms with E-state index >= 15 is 0 Å².